The molecule has 4 aromatic rings. The van der Waals surface area contributed by atoms with Crippen molar-refractivity contribution in [3.05, 3.63) is 96.1 Å². The molecule has 4 aromatic carbocycles. The Balaban J connectivity index is 1.12. The van der Waals surface area contributed by atoms with Crippen molar-refractivity contribution in [2.45, 2.75) is 58.4 Å². The molecule has 0 aliphatic carbocycles. The molecule has 2 amide bonds. The van der Waals surface area contributed by atoms with Gasteiger partial charge in [0, 0.05) is 39.1 Å². The summed E-state index contributed by atoms with van der Waals surface area (Å²) >= 11 is 0. The van der Waals surface area contributed by atoms with Gasteiger partial charge in [0.1, 0.15) is 18.2 Å². The van der Waals surface area contributed by atoms with Crippen LogP contribution in [0.15, 0.2) is 84.9 Å². The van der Waals surface area contributed by atoms with Crippen LogP contribution < -0.4 is 5.32 Å². The maximum Gasteiger partial charge on any atom is 0.408 e. The second-order valence-electron chi connectivity index (χ2n) is 14.7. The number of hydrogen-bond donors (Lipinski definition) is 1. The molecule has 5 rings (SSSR count). The van der Waals surface area contributed by atoms with Crippen molar-refractivity contribution >= 4 is 39.5 Å². The van der Waals surface area contributed by atoms with E-state index in [0.29, 0.717) is 65.9 Å². The Morgan fingerprint density at radius 2 is 1.21 bits per heavy atom. The zero-order valence-corrected chi connectivity index (χ0v) is 33.0. The van der Waals surface area contributed by atoms with E-state index in [4.69, 9.17) is 28.4 Å². The van der Waals surface area contributed by atoms with E-state index in [1.807, 2.05) is 30.3 Å². The highest BCUT2D eigenvalue weighted by atomic mass is 16.6. The van der Waals surface area contributed by atoms with Gasteiger partial charge in [-0.2, -0.15) is 0 Å². The van der Waals surface area contributed by atoms with Crippen molar-refractivity contribution in [1.29, 1.82) is 0 Å². The van der Waals surface area contributed by atoms with Crippen LogP contribution in [0.5, 0.6) is 0 Å². The Hall–Kier alpha value is -4.59. The average molecular weight is 772 g/mol. The molecule has 302 valence electrons. The minimum absolute atomic E-state index is 0.0137. The third-order valence-electron chi connectivity index (χ3n) is 9.32. The first-order valence-corrected chi connectivity index (χ1v) is 19.6. The van der Waals surface area contributed by atoms with Gasteiger partial charge in [-0.1, -0.05) is 78.9 Å². The van der Waals surface area contributed by atoms with Gasteiger partial charge in [0.2, 0.25) is 5.91 Å². The van der Waals surface area contributed by atoms with E-state index in [9.17, 15) is 14.4 Å². The van der Waals surface area contributed by atoms with Gasteiger partial charge in [-0.15, -0.1) is 0 Å². The van der Waals surface area contributed by atoms with Crippen LogP contribution in [0, 0.1) is 0 Å². The predicted octanol–water partition coefficient (Wildman–Crippen LogP) is 6.12. The Kier molecular flexibility index (Phi) is 16.9. The van der Waals surface area contributed by atoms with Crippen LogP contribution in [0.25, 0.3) is 21.5 Å². The molecule has 0 spiro atoms. The highest BCUT2D eigenvalue weighted by Gasteiger charge is 2.29. The molecule has 0 unspecified atom stereocenters. The molecule has 12 nitrogen and oxygen atoms in total. The van der Waals surface area contributed by atoms with E-state index in [2.05, 4.69) is 64.8 Å². The minimum atomic E-state index is -1.08. The van der Waals surface area contributed by atoms with Gasteiger partial charge in [0.25, 0.3) is 0 Å². The van der Waals surface area contributed by atoms with Crippen molar-refractivity contribution < 1.29 is 42.8 Å². The maximum atomic E-state index is 13.5. The summed E-state index contributed by atoms with van der Waals surface area (Å²) in [4.78, 5) is 43.3. The summed E-state index contributed by atoms with van der Waals surface area (Å²) in [6.45, 7) is 11.4. The van der Waals surface area contributed by atoms with Crippen molar-refractivity contribution in [2.75, 3.05) is 79.0 Å². The summed E-state index contributed by atoms with van der Waals surface area (Å²) in [5.74, 6) is -0.843. The van der Waals surface area contributed by atoms with Gasteiger partial charge in [-0.3, -0.25) is 9.69 Å². The second-order valence-corrected chi connectivity index (χ2v) is 14.7. The number of ether oxygens (including phenoxy) is 6. The van der Waals surface area contributed by atoms with E-state index < -0.39 is 23.7 Å². The van der Waals surface area contributed by atoms with Crippen LogP contribution in [0.3, 0.4) is 0 Å². The number of nitrogens with one attached hydrogen (secondary N) is 1. The van der Waals surface area contributed by atoms with Gasteiger partial charge < -0.3 is 38.6 Å². The van der Waals surface area contributed by atoms with E-state index in [-0.39, 0.29) is 25.4 Å². The Morgan fingerprint density at radius 1 is 0.696 bits per heavy atom. The smallest absolute Gasteiger partial charge is 0.408 e. The Bertz CT molecular complexity index is 1760. The lowest BCUT2D eigenvalue weighted by atomic mass is 9.96. The molecular weight excluding hydrogens is 714 g/mol. The normalized spacial score (nSPS) is 16.7. The fourth-order valence-corrected chi connectivity index (χ4v) is 6.47. The third-order valence-corrected chi connectivity index (χ3v) is 9.32. The van der Waals surface area contributed by atoms with Crippen LogP contribution in [-0.4, -0.2) is 118 Å². The fraction of sp³-hybridized carbons (Fsp3) is 0.477. The molecule has 56 heavy (non-hydrogen) atoms. The van der Waals surface area contributed by atoms with Gasteiger partial charge in [-0.05, 0) is 65.9 Å². The molecule has 12 heteroatoms. The summed E-state index contributed by atoms with van der Waals surface area (Å²) in [6.07, 6.45) is -0.756. The number of hydrogen-bond acceptors (Lipinski definition) is 10. The molecule has 0 saturated carbocycles. The summed E-state index contributed by atoms with van der Waals surface area (Å²) in [7, 11) is 0. The second kappa shape index (κ2) is 22.2. The molecule has 0 radical (unpaired) electrons. The van der Waals surface area contributed by atoms with Crippen molar-refractivity contribution in [3.63, 3.8) is 0 Å². The molecule has 1 N–H and O–H groups in total. The Labute approximate surface area is 330 Å². The summed E-state index contributed by atoms with van der Waals surface area (Å²) in [6, 6.07) is 27.5. The van der Waals surface area contributed by atoms with Gasteiger partial charge in [0.05, 0.1) is 52.9 Å². The first-order chi connectivity index (χ1) is 27.2. The zero-order chi connectivity index (χ0) is 39.6. The molecular formula is C44H57N3O9. The summed E-state index contributed by atoms with van der Waals surface area (Å²) in [5, 5.41) is 7.55. The lowest BCUT2D eigenvalue weighted by Crippen LogP contribution is -2.45. The fourth-order valence-electron chi connectivity index (χ4n) is 6.47. The molecule has 0 bridgehead atoms. The molecule has 1 aliphatic heterocycles. The topological polar surface area (TPSA) is 125 Å². The monoisotopic (exact) mass is 771 g/mol. The lowest BCUT2D eigenvalue weighted by Gasteiger charge is -2.26. The predicted molar refractivity (Wildman–Crippen MR) is 215 cm³/mol. The van der Waals surface area contributed by atoms with E-state index in [1.54, 1.807) is 25.7 Å². The van der Waals surface area contributed by atoms with Crippen molar-refractivity contribution in [2.24, 2.45) is 0 Å². The SMILES string of the molecule is CC(C)(C)OC(=O)[C@H](CCC(=O)N1CCOCCOCCN(Cc2c3ccccc3cc3ccccc23)CCOCCOCC1)NC(=O)OCc1ccccc1. The highest BCUT2D eigenvalue weighted by molar-refractivity contribution is 6.02. The number of rotatable bonds is 9. The van der Waals surface area contributed by atoms with Crippen LogP contribution >= 0.6 is 0 Å². The first-order valence-electron chi connectivity index (χ1n) is 19.6. The number of amides is 2. The van der Waals surface area contributed by atoms with Crippen LogP contribution in [0.4, 0.5) is 4.79 Å². The standard InChI is InChI=1S/C44H57N3O9/c1-44(2,3)56-42(49)40(45-43(50)55-33-34-11-5-4-6-12-34)17-18-41(48)47-21-25-53-29-27-51-23-19-46(20-24-52-28-30-54-26-22-47)32-39-37-15-9-7-13-35(37)31-36-14-8-10-16-38(36)39/h4-16,31,40H,17-30,32-33H2,1-3H3,(H,45,50)/t40-/m0/s1. The van der Waals surface area contributed by atoms with Gasteiger partial charge in [-0.25, -0.2) is 9.59 Å². The first kappa shape index (κ1) is 42.6. The van der Waals surface area contributed by atoms with Crippen LogP contribution in [0.2, 0.25) is 0 Å². The molecule has 1 aliphatic rings. The number of carbonyl (C=O) groups is 3. The van der Waals surface area contributed by atoms with Crippen LogP contribution in [-0.2, 0) is 51.2 Å². The number of fused-ring (bicyclic) bond motifs is 2. The summed E-state index contributed by atoms with van der Waals surface area (Å²) in [5.41, 5.74) is 1.32. The molecule has 1 saturated heterocycles. The number of alkyl carbamates (subject to hydrolysis) is 1. The number of benzene rings is 4. The molecule has 1 atom stereocenters. The number of nitrogens with zero attached hydrogens (tertiary/aromatic N) is 2. The molecule has 1 heterocycles. The molecule has 1 fully saturated rings. The minimum Gasteiger partial charge on any atom is -0.458 e. The number of carbonyl (C=O) groups excluding carboxylic acids is 3. The lowest BCUT2D eigenvalue weighted by molar-refractivity contribution is -0.157. The van der Waals surface area contributed by atoms with Gasteiger partial charge in [0.15, 0.2) is 0 Å². The van der Waals surface area contributed by atoms with Gasteiger partial charge >= 0.3 is 12.1 Å². The van der Waals surface area contributed by atoms with Crippen molar-refractivity contribution in [1.82, 2.24) is 15.1 Å². The third kappa shape index (κ3) is 14.2. The zero-order valence-electron chi connectivity index (χ0n) is 33.0. The largest absolute Gasteiger partial charge is 0.458 e. The summed E-state index contributed by atoms with van der Waals surface area (Å²) < 4.78 is 34.6. The number of esters is 1. The van der Waals surface area contributed by atoms with E-state index >= 15 is 0 Å². The highest BCUT2D eigenvalue weighted by Crippen LogP contribution is 2.29. The van der Waals surface area contributed by atoms with E-state index in [0.717, 1.165) is 25.2 Å². The maximum absolute atomic E-state index is 13.5. The Morgan fingerprint density at radius 3 is 1.77 bits per heavy atom. The van der Waals surface area contributed by atoms with Crippen molar-refractivity contribution in [3.8, 4) is 0 Å². The van der Waals surface area contributed by atoms with E-state index in [1.165, 1.54) is 27.1 Å². The molecule has 0 aromatic heterocycles. The average Bonchev–Trinajstić information content (AvgIpc) is 3.18. The van der Waals surface area contributed by atoms with Crippen LogP contribution in [0.1, 0.15) is 44.7 Å². The quantitative estimate of drug-likeness (QED) is 0.157.